The summed E-state index contributed by atoms with van der Waals surface area (Å²) in [5.41, 5.74) is 11.9. The van der Waals surface area contributed by atoms with Crippen molar-refractivity contribution in [1.29, 1.82) is 0 Å². The topological polar surface area (TPSA) is 172 Å². The van der Waals surface area contributed by atoms with Crippen LogP contribution in [-0.2, 0) is 9.59 Å². The van der Waals surface area contributed by atoms with E-state index < -0.39 is 64.4 Å². The van der Waals surface area contributed by atoms with E-state index in [1.165, 1.54) is 36.4 Å². The van der Waals surface area contributed by atoms with Crippen LogP contribution in [0.2, 0.25) is 0 Å². The van der Waals surface area contributed by atoms with Crippen LogP contribution in [0.1, 0.15) is 85.0 Å². The highest BCUT2D eigenvalue weighted by molar-refractivity contribution is 6.37. The Balaban J connectivity index is 1.64. The molecule has 0 fully saturated rings. The Kier molecular flexibility index (Phi) is 6.94. The fourth-order valence-electron chi connectivity index (χ4n) is 4.79. The van der Waals surface area contributed by atoms with Gasteiger partial charge in [-0.3, -0.25) is 33.6 Å². The lowest BCUT2D eigenvalue weighted by molar-refractivity contribution is -0.123. The maximum atomic E-state index is 13.3. The van der Waals surface area contributed by atoms with E-state index in [9.17, 15) is 33.6 Å². The highest BCUT2D eigenvalue weighted by Gasteiger charge is 2.47. The molecule has 0 bridgehead atoms. The second-order valence-corrected chi connectivity index (χ2v) is 10.5. The third-order valence-electron chi connectivity index (χ3n) is 7.34. The molecule has 4 rings (SSSR count). The first-order chi connectivity index (χ1) is 17.8. The Bertz CT molecular complexity index is 1350. The molecule has 0 radical (unpaired) electrons. The zero-order valence-electron chi connectivity index (χ0n) is 21.4. The van der Waals surface area contributed by atoms with Gasteiger partial charge in [0, 0.05) is 33.4 Å². The number of carbonyl (C=O) groups is 7. The molecule has 0 spiro atoms. The lowest BCUT2D eigenvalue weighted by Crippen LogP contribution is -2.43. The first-order valence-electron chi connectivity index (χ1n) is 12.4. The Morgan fingerprint density at radius 2 is 0.895 bits per heavy atom. The van der Waals surface area contributed by atoms with E-state index >= 15 is 0 Å². The first-order valence-corrected chi connectivity index (χ1v) is 12.4. The van der Waals surface area contributed by atoms with Crippen LogP contribution >= 0.6 is 0 Å². The van der Waals surface area contributed by atoms with Gasteiger partial charge in [-0.1, -0.05) is 39.8 Å². The Morgan fingerprint density at radius 3 is 1.21 bits per heavy atom. The van der Waals surface area contributed by atoms with Crippen LogP contribution in [0, 0.1) is 23.7 Å². The molecule has 9 heteroatoms. The minimum absolute atomic E-state index is 0.0402. The number of carbonyl (C=O) groups excluding carboxylic acids is 7. The molecule has 0 aromatic heterocycles. The van der Waals surface area contributed by atoms with Crippen LogP contribution in [0.25, 0.3) is 0 Å². The molecule has 196 valence electrons. The Labute approximate surface area is 218 Å². The fraction of sp³-hybridized carbons (Fsp3) is 0.345. The smallest absolute Gasteiger partial charge is 0.193 e. The van der Waals surface area contributed by atoms with Gasteiger partial charge in [-0.2, -0.15) is 0 Å². The molecule has 2 aliphatic carbocycles. The summed E-state index contributed by atoms with van der Waals surface area (Å²) in [5, 5.41) is 0. The van der Waals surface area contributed by atoms with Crippen LogP contribution in [-0.4, -0.2) is 52.6 Å². The number of benzene rings is 2. The van der Waals surface area contributed by atoms with Gasteiger partial charge >= 0.3 is 0 Å². The molecule has 2 unspecified atom stereocenters. The summed E-state index contributed by atoms with van der Waals surface area (Å²) >= 11 is 0. The number of nitrogens with two attached hydrogens (primary N) is 2. The van der Waals surface area contributed by atoms with Crippen molar-refractivity contribution in [2.45, 2.75) is 39.8 Å². The minimum Gasteiger partial charge on any atom is -0.321 e. The maximum absolute atomic E-state index is 13.3. The maximum Gasteiger partial charge on any atom is 0.193 e. The van der Waals surface area contributed by atoms with Crippen molar-refractivity contribution in [2.75, 3.05) is 0 Å². The standard InChI is InChI=1S/C29H28N2O7/c1-11(2)21(30)28(37)19-24(33)15-7-5-13(9-17(15)26(19)35)23(32)14-6-8-16-18(10-14)27(36)20(25(16)34)29(38)22(31)12(3)4/h5-12,19-22H,30-31H2,1-4H3/t19?,20?,21-,22-/m1/s1. The molecule has 0 saturated carbocycles. The number of fused-ring (bicyclic) bond motifs is 2. The van der Waals surface area contributed by atoms with Gasteiger partial charge in [-0.05, 0) is 36.1 Å². The summed E-state index contributed by atoms with van der Waals surface area (Å²) in [7, 11) is 0. The summed E-state index contributed by atoms with van der Waals surface area (Å²) in [6, 6.07) is 5.88. The summed E-state index contributed by atoms with van der Waals surface area (Å²) in [6.45, 7) is 6.84. The van der Waals surface area contributed by atoms with Crippen LogP contribution in [0.3, 0.4) is 0 Å². The molecule has 4 N–H and O–H groups in total. The second-order valence-electron chi connectivity index (χ2n) is 10.5. The molecule has 38 heavy (non-hydrogen) atoms. The molecule has 4 atom stereocenters. The van der Waals surface area contributed by atoms with Crippen molar-refractivity contribution in [1.82, 2.24) is 0 Å². The number of ketones is 7. The Hall–Kier alpha value is -3.95. The van der Waals surface area contributed by atoms with Crippen molar-refractivity contribution in [3.63, 3.8) is 0 Å². The number of hydrogen-bond acceptors (Lipinski definition) is 9. The zero-order chi connectivity index (χ0) is 28.2. The monoisotopic (exact) mass is 516 g/mol. The van der Waals surface area contributed by atoms with Gasteiger partial charge in [-0.15, -0.1) is 0 Å². The predicted molar refractivity (Wildman–Crippen MR) is 136 cm³/mol. The van der Waals surface area contributed by atoms with Crippen molar-refractivity contribution in [3.8, 4) is 0 Å². The first kappa shape index (κ1) is 27.1. The fourth-order valence-corrected chi connectivity index (χ4v) is 4.79. The van der Waals surface area contributed by atoms with E-state index in [4.69, 9.17) is 11.5 Å². The minimum atomic E-state index is -1.54. The molecular formula is C29H28N2O7. The molecule has 9 nitrogen and oxygen atoms in total. The normalized spacial score (nSPS) is 20.1. The highest BCUT2D eigenvalue weighted by Crippen LogP contribution is 2.32. The number of rotatable bonds is 8. The predicted octanol–water partition coefficient (Wildman–Crippen LogP) is 2.01. The molecular weight excluding hydrogens is 488 g/mol. The van der Waals surface area contributed by atoms with E-state index in [1.807, 2.05) is 0 Å². The van der Waals surface area contributed by atoms with E-state index in [0.717, 1.165) is 0 Å². The van der Waals surface area contributed by atoms with E-state index in [1.54, 1.807) is 27.7 Å². The summed E-state index contributed by atoms with van der Waals surface area (Å²) in [6.07, 6.45) is 0. The lowest BCUT2D eigenvalue weighted by atomic mass is 9.88. The lowest BCUT2D eigenvalue weighted by Gasteiger charge is -2.16. The van der Waals surface area contributed by atoms with Crippen molar-refractivity contribution < 1.29 is 33.6 Å². The van der Waals surface area contributed by atoms with Gasteiger partial charge in [0.1, 0.15) is 11.8 Å². The van der Waals surface area contributed by atoms with Crippen LogP contribution in [0.5, 0.6) is 0 Å². The average molecular weight is 517 g/mol. The molecule has 0 saturated heterocycles. The van der Waals surface area contributed by atoms with E-state index in [2.05, 4.69) is 0 Å². The summed E-state index contributed by atoms with van der Waals surface area (Å²) < 4.78 is 0. The zero-order valence-corrected chi connectivity index (χ0v) is 21.4. The van der Waals surface area contributed by atoms with Gasteiger partial charge in [0.05, 0.1) is 12.1 Å². The van der Waals surface area contributed by atoms with Crippen LogP contribution in [0.15, 0.2) is 36.4 Å². The average Bonchev–Trinajstić information content (AvgIpc) is 3.29. The molecule has 0 aliphatic heterocycles. The van der Waals surface area contributed by atoms with Gasteiger partial charge < -0.3 is 11.5 Å². The molecule has 2 aliphatic rings. The van der Waals surface area contributed by atoms with Crippen molar-refractivity contribution >= 4 is 40.5 Å². The SMILES string of the molecule is CC(C)[C@@H](N)C(=O)C1C(=O)c2ccc(C(=O)c3ccc4c(c3)C(=O)C(C(=O)[C@H](N)C(C)C)C4=O)cc2C1=O. The second kappa shape index (κ2) is 9.74. The largest absolute Gasteiger partial charge is 0.321 e. The van der Waals surface area contributed by atoms with Gasteiger partial charge in [0.15, 0.2) is 40.5 Å². The van der Waals surface area contributed by atoms with Gasteiger partial charge in [0.25, 0.3) is 0 Å². The number of Topliss-reactive ketones (excluding diaryl/α,β-unsaturated/α-hetero) is 6. The summed E-state index contributed by atoms with van der Waals surface area (Å²) in [4.78, 5) is 90.3. The third kappa shape index (κ3) is 4.17. The number of hydrogen-bond donors (Lipinski definition) is 2. The van der Waals surface area contributed by atoms with Gasteiger partial charge in [0.2, 0.25) is 0 Å². The van der Waals surface area contributed by atoms with E-state index in [0.29, 0.717) is 0 Å². The van der Waals surface area contributed by atoms with Crippen molar-refractivity contribution in [2.24, 2.45) is 35.1 Å². The quantitative estimate of drug-likeness (QED) is 0.393. The van der Waals surface area contributed by atoms with Crippen molar-refractivity contribution in [3.05, 3.63) is 69.8 Å². The van der Waals surface area contributed by atoms with Crippen LogP contribution in [0.4, 0.5) is 0 Å². The molecule has 2 aromatic carbocycles. The third-order valence-corrected chi connectivity index (χ3v) is 7.34. The highest BCUT2D eigenvalue weighted by atomic mass is 16.2. The van der Waals surface area contributed by atoms with Crippen LogP contribution < -0.4 is 11.5 Å². The molecule has 0 amide bonds. The molecule has 2 aromatic rings. The Morgan fingerprint density at radius 1 is 0.579 bits per heavy atom. The van der Waals surface area contributed by atoms with Gasteiger partial charge in [-0.25, -0.2) is 0 Å². The van der Waals surface area contributed by atoms with E-state index in [-0.39, 0.29) is 45.2 Å². The molecule has 0 heterocycles. The summed E-state index contributed by atoms with van der Waals surface area (Å²) in [5.74, 6) is -8.24.